The van der Waals surface area contributed by atoms with Crippen LogP contribution in [0.4, 0.5) is 5.69 Å². The van der Waals surface area contributed by atoms with Crippen LogP contribution in [0, 0.1) is 0 Å². The van der Waals surface area contributed by atoms with Crippen LogP contribution in [0.2, 0.25) is 0 Å². The Kier molecular flexibility index (Phi) is 2.73. The van der Waals surface area contributed by atoms with Crippen molar-refractivity contribution < 1.29 is 23.6 Å². The molecule has 0 aliphatic carbocycles. The first kappa shape index (κ1) is 11.2. The summed E-state index contributed by atoms with van der Waals surface area (Å²) in [5.41, 5.74) is -7.05. The highest BCUT2D eigenvalue weighted by molar-refractivity contribution is 6.06. The number of fused-ring (bicyclic) bond motifs is 1. The zero-order valence-corrected chi connectivity index (χ0v) is 16.2. The summed E-state index contributed by atoms with van der Waals surface area (Å²) >= 11 is 0. The maximum absolute atomic E-state index is 13.4. The van der Waals surface area contributed by atoms with Gasteiger partial charge in [-0.2, -0.15) is 0 Å². The van der Waals surface area contributed by atoms with Crippen LogP contribution in [-0.4, -0.2) is 16.0 Å². The van der Waals surface area contributed by atoms with Crippen molar-refractivity contribution in [2.75, 3.05) is 5.32 Å². The van der Waals surface area contributed by atoms with Gasteiger partial charge in [-0.05, 0) is 40.2 Å². The van der Waals surface area contributed by atoms with Crippen molar-refractivity contribution >= 4 is 22.5 Å². The standard InChI is InChI=1S/C24H28N2O3/c1-23(2,3)16-11-17(24(4,5)6)20(27)12-19(16)26-22(29)15-13-25-18-10-8-7-9-14(18)21(15)28/h7-13,27H,1-6H3,(H,25,28)(H,26,29)/i1D3,2D3,3D3,13D. The topological polar surface area (TPSA) is 82.2 Å². The van der Waals surface area contributed by atoms with E-state index in [0.717, 1.165) is 12.1 Å². The number of hydrogen-bond acceptors (Lipinski definition) is 3. The third-order valence-corrected chi connectivity index (χ3v) is 4.54. The molecule has 5 heteroatoms. The number of para-hydroxylation sites is 1. The summed E-state index contributed by atoms with van der Waals surface area (Å²) in [5, 5.41) is 13.1. The molecule has 1 amide bonds. The highest BCUT2D eigenvalue weighted by Crippen LogP contribution is 2.39. The fourth-order valence-electron chi connectivity index (χ4n) is 3.06. The third kappa shape index (κ3) is 4.04. The Morgan fingerprint density at radius 2 is 1.79 bits per heavy atom. The number of benzene rings is 2. The van der Waals surface area contributed by atoms with Crippen LogP contribution in [-0.2, 0) is 10.8 Å². The first-order chi connectivity index (χ1) is 17.6. The minimum Gasteiger partial charge on any atom is -0.508 e. The smallest absolute Gasteiger partial charge is 0.261 e. The van der Waals surface area contributed by atoms with Gasteiger partial charge in [0.2, 0.25) is 5.43 Å². The van der Waals surface area contributed by atoms with Crippen molar-refractivity contribution in [2.24, 2.45) is 0 Å². The monoisotopic (exact) mass is 402 g/mol. The van der Waals surface area contributed by atoms with Crippen LogP contribution in [0.3, 0.4) is 0 Å². The van der Waals surface area contributed by atoms with Crippen LogP contribution >= 0.6 is 0 Å². The van der Waals surface area contributed by atoms with E-state index in [1.807, 2.05) is 0 Å². The Morgan fingerprint density at radius 3 is 2.45 bits per heavy atom. The quantitative estimate of drug-likeness (QED) is 0.559. The van der Waals surface area contributed by atoms with E-state index >= 15 is 0 Å². The van der Waals surface area contributed by atoms with Gasteiger partial charge in [0.25, 0.3) is 5.91 Å². The molecule has 0 radical (unpaired) electrons. The largest absolute Gasteiger partial charge is 0.508 e. The Bertz CT molecular complexity index is 1460. The molecule has 1 aromatic heterocycles. The third-order valence-electron chi connectivity index (χ3n) is 4.54. The molecule has 3 aromatic rings. The highest BCUT2D eigenvalue weighted by Gasteiger charge is 2.26. The summed E-state index contributed by atoms with van der Waals surface area (Å²) in [6.45, 7) is -6.07. The number of hydrogen-bond donors (Lipinski definition) is 3. The van der Waals surface area contributed by atoms with E-state index in [0.29, 0.717) is 0 Å². The summed E-state index contributed by atoms with van der Waals surface area (Å²) in [6.07, 6.45) is -0.581. The molecular formula is C24H28N2O3. The van der Waals surface area contributed by atoms with Gasteiger partial charge in [0, 0.05) is 41.2 Å². The number of carbonyl (C=O) groups excluding carboxylic acids is 1. The number of pyridine rings is 1. The van der Waals surface area contributed by atoms with E-state index in [4.69, 9.17) is 13.7 Å². The molecule has 0 bridgehead atoms. The van der Waals surface area contributed by atoms with Crippen molar-refractivity contribution in [3.8, 4) is 5.75 Å². The van der Waals surface area contributed by atoms with Crippen molar-refractivity contribution in [3.63, 3.8) is 0 Å². The molecule has 0 aliphatic heterocycles. The molecule has 0 fully saturated rings. The summed E-state index contributed by atoms with van der Waals surface area (Å²) < 4.78 is 81.3. The summed E-state index contributed by atoms with van der Waals surface area (Å²) in [5.74, 6) is -1.71. The number of aromatic hydroxyl groups is 1. The van der Waals surface area contributed by atoms with Gasteiger partial charge in [0.05, 0.1) is 1.37 Å². The van der Waals surface area contributed by atoms with E-state index in [-0.39, 0.29) is 16.5 Å². The molecule has 0 saturated heterocycles. The second kappa shape index (κ2) is 7.07. The second-order valence-corrected chi connectivity index (χ2v) is 7.87. The van der Waals surface area contributed by atoms with E-state index in [9.17, 15) is 14.7 Å². The zero-order chi connectivity index (χ0) is 29.9. The van der Waals surface area contributed by atoms with Crippen LogP contribution in [0.1, 0.15) is 76.5 Å². The van der Waals surface area contributed by atoms with Crippen molar-refractivity contribution in [1.82, 2.24) is 4.98 Å². The Morgan fingerprint density at radius 1 is 1.10 bits per heavy atom. The number of H-pyrrole nitrogens is 1. The van der Waals surface area contributed by atoms with Crippen molar-refractivity contribution in [3.05, 3.63) is 69.5 Å². The number of anilines is 1. The molecule has 0 atom stereocenters. The predicted octanol–water partition coefficient (Wildman–Crippen LogP) is 5.08. The van der Waals surface area contributed by atoms with Gasteiger partial charge in [0.1, 0.15) is 11.3 Å². The Hall–Kier alpha value is -3.08. The van der Waals surface area contributed by atoms with E-state index in [2.05, 4.69) is 10.3 Å². The van der Waals surface area contributed by atoms with Gasteiger partial charge < -0.3 is 15.4 Å². The maximum atomic E-state index is 13.4. The molecule has 3 rings (SSSR count). The Labute approximate surface area is 184 Å². The lowest BCUT2D eigenvalue weighted by molar-refractivity contribution is 0.102. The lowest BCUT2D eigenvalue weighted by Gasteiger charge is -2.28. The number of aromatic amines is 1. The summed E-state index contributed by atoms with van der Waals surface area (Å²) in [4.78, 5) is 29.0. The van der Waals surface area contributed by atoms with Crippen molar-refractivity contribution in [2.45, 2.75) is 52.2 Å². The first-order valence-electron chi connectivity index (χ1n) is 13.9. The van der Waals surface area contributed by atoms with Crippen LogP contribution in [0.25, 0.3) is 10.9 Å². The molecular weight excluding hydrogens is 364 g/mol. The lowest BCUT2D eigenvalue weighted by Crippen LogP contribution is -2.25. The number of rotatable bonds is 2. The van der Waals surface area contributed by atoms with Gasteiger partial charge in [0.15, 0.2) is 0 Å². The normalized spacial score (nSPS) is 18.6. The van der Waals surface area contributed by atoms with Gasteiger partial charge in [-0.25, -0.2) is 0 Å². The molecule has 2 aromatic carbocycles. The zero-order valence-electron chi connectivity index (χ0n) is 26.2. The fraction of sp³-hybridized carbons (Fsp3) is 0.333. The Balaban J connectivity index is 2.42. The number of phenolic OH excluding ortho intramolecular Hbond substituents is 1. The minimum atomic E-state index is -3.66. The molecule has 0 aliphatic rings. The number of aromatic nitrogens is 1. The molecule has 5 nitrogen and oxygen atoms in total. The number of amides is 1. The molecule has 0 unspecified atom stereocenters. The maximum Gasteiger partial charge on any atom is 0.261 e. The number of phenols is 1. The minimum absolute atomic E-state index is 0.0300. The average Bonchev–Trinajstić information content (AvgIpc) is 2.71. The average molecular weight is 403 g/mol. The van der Waals surface area contributed by atoms with Gasteiger partial charge in [-0.15, -0.1) is 0 Å². The molecule has 0 spiro atoms. The number of nitrogens with one attached hydrogen (secondary N) is 2. The van der Waals surface area contributed by atoms with Crippen LogP contribution in [0.15, 0.2) is 47.4 Å². The predicted molar refractivity (Wildman–Crippen MR) is 118 cm³/mol. The summed E-state index contributed by atoms with van der Waals surface area (Å²) in [7, 11) is 0. The molecule has 29 heavy (non-hydrogen) atoms. The van der Waals surface area contributed by atoms with Gasteiger partial charge in [-0.1, -0.05) is 53.5 Å². The fourth-order valence-corrected chi connectivity index (χ4v) is 3.06. The molecule has 3 N–H and O–H groups in total. The second-order valence-electron chi connectivity index (χ2n) is 7.87. The van der Waals surface area contributed by atoms with Crippen molar-refractivity contribution in [1.29, 1.82) is 0 Å². The lowest BCUT2D eigenvalue weighted by atomic mass is 9.79. The molecule has 0 saturated carbocycles. The summed E-state index contributed by atoms with van der Waals surface area (Å²) in [6, 6.07) is 7.92. The van der Waals surface area contributed by atoms with Gasteiger partial charge >= 0.3 is 0 Å². The van der Waals surface area contributed by atoms with E-state index in [1.165, 1.54) is 12.1 Å². The van der Waals surface area contributed by atoms with E-state index < -0.39 is 71.5 Å². The number of carbonyl (C=O) groups is 1. The molecule has 1 heterocycles. The molecule has 152 valence electrons. The first-order valence-corrected chi connectivity index (χ1v) is 8.86. The van der Waals surface area contributed by atoms with Gasteiger partial charge in [-0.3, -0.25) is 9.59 Å². The van der Waals surface area contributed by atoms with Crippen LogP contribution in [0.5, 0.6) is 5.75 Å². The van der Waals surface area contributed by atoms with Crippen LogP contribution < -0.4 is 10.7 Å². The highest BCUT2D eigenvalue weighted by atomic mass is 16.3. The van der Waals surface area contributed by atoms with E-state index in [1.54, 1.807) is 32.9 Å². The SMILES string of the molecule is [2H]c1[nH]c2ccccc2c(=O)c1C(=O)Nc1cc(O)c(C(C)(C)C)cc1C(C([2H])([2H])[2H])(C([2H])([2H])[2H])C([2H])([2H])[2H].